The number of carbonyl (C=O) groups is 1. The minimum absolute atomic E-state index is 0.0896. The van der Waals surface area contributed by atoms with Gasteiger partial charge in [0.15, 0.2) is 0 Å². The predicted molar refractivity (Wildman–Crippen MR) is 139 cm³/mol. The van der Waals surface area contributed by atoms with E-state index in [1.807, 2.05) is 26.1 Å². The van der Waals surface area contributed by atoms with Crippen molar-refractivity contribution in [3.05, 3.63) is 53.6 Å². The maximum atomic E-state index is 13.2. The van der Waals surface area contributed by atoms with Crippen LogP contribution in [0.4, 0.5) is 11.4 Å². The first-order valence-electron chi connectivity index (χ1n) is 11.5. The van der Waals surface area contributed by atoms with Gasteiger partial charge in [-0.25, -0.2) is 16.8 Å². The van der Waals surface area contributed by atoms with E-state index in [0.29, 0.717) is 49.5 Å². The molecular weight excluding hydrogens is 488 g/mol. The monoisotopic (exact) mass is 522 g/mol. The third-order valence-electron chi connectivity index (χ3n) is 6.10. The van der Waals surface area contributed by atoms with E-state index in [9.17, 15) is 21.6 Å². The van der Waals surface area contributed by atoms with Gasteiger partial charge in [0.05, 0.1) is 16.8 Å². The lowest BCUT2D eigenvalue weighted by atomic mass is 10.2. The Morgan fingerprint density at radius 2 is 1.63 bits per heavy atom. The van der Waals surface area contributed by atoms with Crippen molar-refractivity contribution in [2.24, 2.45) is 0 Å². The Bertz CT molecular complexity index is 1270. The third-order valence-corrected chi connectivity index (χ3v) is 9.32. The molecule has 1 N–H and O–H groups in total. The van der Waals surface area contributed by atoms with Gasteiger partial charge in [0, 0.05) is 44.8 Å². The van der Waals surface area contributed by atoms with Crippen molar-refractivity contribution < 1.29 is 21.6 Å². The van der Waals surface area contributed by atoms with Gasteiger partial charge in [0.25, 0.3) is 0 Å². The molecule has 1 aliphatic heterocycles. The lowest BCUT2D eigenvalue weighted by Gasteiger charge is -2.32. The molecule has 1 fully saturated rings. The fourth-order valence-electron chi connectivity index (χ4n) is 4.04. The van der Waals surface area contributed by atoms with E-state index in [-0.39, 0.29) is 23.8 Å². The van der Waals surface area contributed by atoms with Crippen LogP contribution in [0.2, 0.25) is 0 Å². The van der Waals surface area contributed by atoms with Crippen LogP contribution in [0.3, 0.4) is 0 Å². The summed E-state index contributed by atoms with van der Waals surface area (Å²) in [4.78, 5) is 14.9. The number of benzene rings is 2. The van der Waals surface area contributed by atoms with Gasteiger partial charge in [-0.05, 0) is 56.6 Å². The molecule has 3 rings (SSSR count). The predicted octanol–water partition coefficient (Wildman–Crippen LogP) is 2.42. The smallest absolute Gasteiger partial charge is 0.243 e. The molecule has 2 aromatic carbocycles. The van der Waals surface area contributed by atoms with Crippen LogP contribution in [0, 0.1) is 13.8 Å². The highest BCUT2D eigenvalue weighted by atomic mass is 32.2. The molecule has 11 heteroatoms. The van der Waals surface area contributed by atoms with Gasteiger partial charge in [-0.2, -0.15) is 4.31 Å². The normalized spacial score (nSPS) is 15.7. The molecule has 0 spiro atoms. The van der Waals surface area contributed by atoms with Crippen LogP contribution < -0.4 is 9.62 Å². The van der Waals surface area contributed by atoms with Crippen molar-refractivity contribution in [3.63, 3.8) is 0 Å². The molecule has 192 valence electrons. The van der Waals surface area contributed by atoms with E-state index in [1.165, 1.54) is 14.7 Å². The van der Waals surface area contributed by atoms with E-state index >= 15 is 0 Å². The lowest BCUT2D eigenvalue weighted by molar-refractivity contribution is -0.116. The Morgan fingerprint density at radius 1 is 0.971 bits per heavy atom. The molecule has 1 saturated heterocycles. The highest BCUT2D eigenvalue weighted by Gasteiger charge is 2.29. The number of likely N-dealkylation sites (N-methyl/N-ethyl adjacent to an activating group) is 1. The molecule has 0 aliphatic carbocycles. The SMILES string of the molecule is Cc1ccccc1N(CCCC(=O)Nc1ccc(C)c(S(=O)(=O)N2CCN(C)CC2)c1)S(C)(=O)=O. The first-order chi connectivity index (χ1) is 16.4. The Hall–Kier alpha value is -2.47. The first kappa shape index (κ1) is 27.1. The Balaban J connectivity index is 1.66. The summed E-state index contributed by atoms with van der Waals surface area (Å²) in [5.74, 6) is -0.310. The summed E-state index contributed by atoms with van der Waals surface area (Å²) in [5, 5.41) is 2.76. The maximum Gasteiger partial charge on any atom is 0.243 e. The number of nitrogens with one attached hydrogen (secondary N) is 1. The van der Waals surface area contributed by atoms with Crippen molar-refractivity contribution >= 4 is 37.3 Å². The maximum absolute atomic E-state index is 13.2. The average molecular weight is 523 g/mol. The molecule has 0 radical (unpaired) electrons. The molecule has 9 nitrogen and oxygen atoms in total. The lowest BCUT2D eigenvalue weighted by Crippen LogP contribution is -2.47. The van der Waals surface area contributed by atoms with Crippen molar-refractivity contribution in [1.82, 2.24) is 9.21 Å². The van der Waals surface area contributed by atoms with E-state index < -0.39 is 20.0 Å². The highest BCUT2D eigenvalue weighted by molar-refractivity contribution is 7.92. The Morgan fingerprint density at radius 3 is 2.26 bits per heavy atom. The quantitative estimate of drug-likeness (QED) is 0.542. The topological polar surface area (TPSA) is 107 Å². The second-order valence-electron chi connectivity index (χ2n) is 8.96. The summed E-state index contributed by atoms with van der Waals surface area (Å²) in [7, 11) is -5.22. The minimum atomic E-state index is -3.67. The second-order valence-corrected chi connectivity index (χ2v) is 12.8. The van der Waals surface area contributed by atoms with Gasteiger partial charge in [-0.3, -0.25) is 9.10 Å². The van der Waals surface area contributed by atoms with E-state index in [0.717, 1.165) is 11.8 Å². The number of sulfonamides is 2. The molecule has 35 heavy (non-hydrogen) atoms. The van der Waals surface area contributed by atoms with Crippen molar-refractivity contribution in [1.29, 1.82) is 0 Å². The van der Waals surface area contributed by atoms with Gasteiger partial charge in [0.1, 0.15) is 0 Å². The molecule has 1 aliphatic rings. The third kappa shape index (κ3) is 6.81. The van der Waals surface area contributed by atoms with E-state index in [4.69, 9.17) is 0 Å². The summed E-state index contributed by atoms with van der Waals surface area (Å²) >= 11 is 0. The van der Waals surface area contributed by atoms with Gasteiger partial charge < -0.3 is 10.2 Å². The van der Waals surface area contributed by atoms with Gasteiger partial charge in [-0.1, -0.05) is 24.3 Å². The fourth-order valence-corrected chi connectivity index (χ4v) is 6.73. The summed E-state index contributed by atoms with van der Waals surface area (Å²) in [6.07, 6.45) is 1.55. The number of carbonyl (C=O) groups excluding carboxylic acids is 1. The van der Waals surface area contributed by atoms with Crippen LogP contribution in [-0.4, -0.2) is 78.0 Å². The number of anilines is 2. The standard InChI is InChI=1S/C24H34N4O5S2/c1-19-8-5-6-9-22(19)28(34(4,30)31)13-7-10-24(29)25-21-12-11-20(2)23(18-21)35(32,33)27-16-14-26(3)15-17-27/h5-6,8-9,11-12,18H,7,10,13-17H2,1-4H3,(H,25,29). The minimum Gasteiger partial charge on any atom is -0.326 e. The molecule has 1 amide bonds. The second kappa shape index (κ2) is 11.1. The van der Waals surface area contributed by atoms with Crippen LogP contribution in [-0.2, 0) is 24.8 Å². The average Bonchev–Trinajstić information content (AvgIpc) is 2.78. The van der Waals surface area contributed by atoms with E-state index in [1.54, 1.807) is 31.2 Å². The summed E-state index contributed by atoms with van der Waals surface area (Å²) in [6, 6.07) is 12.0. The van der Waals surface area contributed by atoms with Crippen molar-refractivity contribution in [2.45, 2.75) is 31.6 Å². The zero-order valence-electron chi connectivity index (χ0n) is 20.7. The largest absolute Gasteiger partial charge is 0.326 e. The highest BCUT2D eigenvalue weighted by Crippen LogP contribution is 2.25. The van der Waals surface area contributed by atoms with Crippen LogP contribution in [0.15, 0.2) is 47.4 Å². The van der Waals surface area contributed by atoms with E-state index in [2.05, 4.69) is 10.2 Å². The molecule has 1 heterocycles. The number of hydrogen-bond donors (Lipinski definition) is 1. The summed E-state index contributed by atoms with van der Waals surface area (Å²) in [6.45, 7) is 5.92. The Labute approximate surface area is 208 Å². The number of piperazine rings is 1. The molecule has 0 saturated carbocycles. The van der Waals surface area contributed by atoms with Crippen molar-refractivity contribution in [2.75, 3.05) is 55.6 Å². The zero-order valence-corrected chi connectivity index (χ0v) is 22.3. The van der Waals surface area contributed by atoms with Crippen LogP contribution in [0.25, 0.3) is 0 Å². The summed E-state index contributed by atoms with van der Waals surface area (Å²) < 4.78 is 53.8. The zero-order chi connectivity index (χ0) is 25.8. The Kier molecular flexibility index (Phi) is 8.58. The number of rotatable bonds is 9. The van der Waals surface area contributed by atoms with Crippen LogP contribution in [0.5, 0.6) is 0 Å². The van der Waals surface area contributed by atoms with Gasteiger partial charge >= 0.3 is 0 Å². The molecule has 0 atom stereocenters. The van der Waals surface area contributed by atoms with Crippen LogP contribution in [0.1, 0.15) is 24.0 Å². The van der Waals surface area contributed by atoms with Crippen LogP contribution >= 0.6 is 0 Å². The first-order valence-corrected chi connectivity index (χ1v) is 14.8. The number of nitrogens with zero attached hydrogens (tertiary/aromatic N) is 3. The molecular formula is C24H34N4O5S2. The summed E-state index contributed by atoms with van der Waals surface area (Å²) in [5.41, 5.74) is 2.43. The van der Waals surface area contributed by atoms with Gasteiger partial charge in [0.2, 0.25) is 26.0 Å². The molecule has 0 bridgehead atoms. The molecule has 2 aromatic rings. The number of hydrogen-bond acceptors (Lipinski definition) is 6. The number of aryl methyl sites for hydroxylation is 2. The number of amides is 1. The van der Waals surface area contributed by atoms with Crippen molar-refractivity contribution in [3.8, 4) is 0 Å². The molecule has 0 unspecified atom stereocenters. The fraction of sp³-hybridized carbons (Fsp3) is 0.458. The molecule has 0 aromatic heterocycles. The van der Waals surface area contributed by atoms with Gasteiger partial charge in [-0.15, -0.1) is 0 Å². The number of para-hydroxylation sites is 1.